The number of benzene rings is 3. The number of rotatable bonds is 4. The molecule has 1 aliphatic heterocycles. The zero-order valence-corrected chi connectivity index (χ0v) is 15.9. The van der Waals surface area contributed by atoms with Crippen LogP contribution in [0.1, 0.15) is 21.8 Å². The molecule has 0 aromatic heterocycles. The SMILES string of the molecule is CN1C(=O)[C@@H](c2ccc(ONC(=O)c3ccccc3)cc2)COc2ccccc21. The van der Waals surface area contributed by atoms with Gasteiger partial charge in [-0.3, -0.25) is 9.59 Å². The fourth-order valence-electron chi connectivity index (χ4n) is 3.21. The summed E-state index contributed by atoms with van der Waals surface area (Å²) in [7, 11) is 1.75. The highest BCUT2D eigenvalue weighted by molar-refractivity contribution is 5.99. The molecule has 1 aliphatic rings. The van der Waals surface area contributed by atoms with E-state index in [1.165, 1.54) is 0 Å². The van der Waals surface area contributed by atoms with Crippen LogP contribution in [0.25, 0.3) is 0 Å². The van der Waals surface area contributed by atoms with Crippen molar-refractivity contribution in [3.05, 3.63) is 90.0 Å². The molecule has 0 fully saturated rings. The molecule has 0 aliphatic carbocycles. The van der Waals surface area contributed by atoms with E-state index in [1.807, 2.05) is 30.3 Å². The molecule has 146 valence electrons. The number of ether oxygens (including phenoxy) is 1. The Kier molecular flexibility index (Phi) is 5.16. The molecular formula is C23H20N2O4. The van der Waals surface area contributed by atoms with E-state index in [0.717, 1.165) is 11.3 Å². The van der Waals surface area contributed by atoms with Crippen molar-refractivity contribution in [3.63, 3.8) is 0 Å². The number of fused-ring (bicyclic) bond motifs is 1. The van der Waals surface area contributed by atoms with Gasteiger partial charge in [0, 0.05) is 12.6 Å². The molecule has 1 atom stereocenters. The van der Waals surface area contributed by atoms with Crippen LogP contribution in [0.4, 0.5) is 5.69 Å². The lowest BCUT2D eigenvalue weighted by molar-refractivity contribution is -0.120. The summed E-state index contributed by atoms with van der Waals surface area (Å²) in [5.74, 6) is 0.355. The van der Waals surface area contributed by atoms with Crippen molar-refractivity contribution in [2.24, 2.45) is 0 Å². The summed E-state index contributed by atoms with van der Waals surface area (Å²) in [5, 5.41) is 0. The molecule has 1 heterocycles. The van der Waals surface area contributed by atoms with Crippen LogP contribution in [0.15, 0.2) is 78.9 Å². The number of nitrogens with one attached hydrogen (secondary N) is 1. The van der Waals surface area contributed by atoms with Gasteiger partial charge in [-0.25, -0.2) is 0 Å². The van der Waals surface area contributed by atoms with Crippen LogP contribution < -0.4 is 20.0 Å². The average Bonchev–Trinajstić information content (AvgIpc) is 2.90. The quantitative estimate of drug-likeness (QED) is 0.694. The Morgan fingerprint density at radius 3 is 2.45 bits per heavy atom. The number of anilines is 1. The van der Waals surface area contributed by atoms with Crippen molar-refractivity contribution in [1.82, 2.24) is 5.48 Å². The largest absolute Gasteiger partial charge is 0.490 e. The first-order valence-corrected chi connectivity index (χ1v) is 9.25. The summed E-state index contributed by atoms with van der Waals surface area (Å²) < 4.78 is 5.86. The number of hydrogen-bond acceptors (Lipinski definition) is 4. The molecule has 0 radical (unpaired) electrons. The lowest BCUT2D eigenvalue weighted by Crippen LogP contribution is -2.32. The maximum atomic E-state index is 12.9. The Labute approximate surface area is 168 Å². The number of carbonyl (C=O) groups excluding carboxylic acids is 2. The highest BCUT2D eigenvalue weighted by atomic mass is 16.7. The average molecular weight is 388 g/mol. The number of nitrogens with zero attached hydrogens (tertiary/aromatic N) is 1. The van der Waals surface area contributed by atoms with E-state index >= 15 is 0 Å². The van der Waals surface area contributed by atoms with Crippen LogP contribution >= 0.6 is 0 Å². The Bertz CT molecular complexity index is 1020. The monoisotopic (exact) mass is 388 g/mol. The summed E-state index contributed by atoms with van der Waals surface area (Å²) >= 11 is 0. The Morgan fingerprint density at radius 1 is 1.00 bits per heavy atom. The van der Waals surface area contributed by atoms with Gasteiger partial charge >= 0.3 is 0 Å². The smallest absolute Gasteiger partial charge is 0.283 e. The summed E-state index contributed by atoms with van der Waals surface area (Å²) in [6.07, 6.45) is 0. The summed E-state index contributed by atoms with van der Waals surface area (Å²) in [6, 6.07) is 23.3. The standard InChI is InChI=1S/C23H20N2O4/c1-25-20-9-5-6-10-21(20)28-15-19(23(25)27)16-11-13-18(14-12-16)29-24-22(26)17-7-3-2-4-8-17/h2-14,19H,15H2,1H3,(H,24,26)/t19-/m1/s1. The van der Waals surface area contributed by atoms with Gasteiger partial charge in [0.2, 0.25) is 5.91 Å². The predicted molar refractivity (Wildman–Crippen MR) is 109 cm³/mol. The van der Waals surface area contributed by atoms with Crippen LogP contribution in [-0.4, -0.2) is 25.5 Å². The molecule has 0 saturated carbocycles. The molecule has 6 nitrogen and oxygen atoms in total. The third-order valence-electron chi connectivity index (χ3n) is 4.84. The maximum Gasteiger partial charge on any atom is 0.283 e. The lowest BCUT2D eigenvalue weighted by atomic mass is 9.98. The molecule has 0 bridgehead atoms. The number of carbonyl (C=O) groups is 2. The van der Waals surface area contributed by atoms with Crippen molar-refractivity contribution in [1.29, 1.82) is 0 Å². The van der Waals surface area contributed by atoms with Gasteiger partial charge in [0.15, 0.2) is 5.75 Å². The second-order valence-electron chi connectivity index (χ2n) is 6.70. The van der Waals surface area contributed by atoms with Gasteiger partial charge in [-0.05, 0) is 42.0 Å². The third kappa shape index (κ3) is 3.91. The van der Waals surface area contributed by atoms with Crippen molar-refractivity contribution in [2.75, 3.05) is 18.6 Å². The van der Waals surface area contributed by atoms with Gasteiger partial charge < -0.3 is 14.5 Å². The summed E-state index contributed by atoms with van der Waals surface area (Å²) in [4.78, 5) is 32.0. The van der Waals surface area contributed by atoms with Gasteiger partial charge in [-0.15, -0.1) is 0 Å². The Balaban J connectivity index is 1.44. The minimum atomic E-state index is -0.430. The molecule has 6 heteroatoms. The maximum absolute atomic E-state index is 12.9. The van der Waals surface area contributed by atoms with Crippen LogP contribution in [0.5, 0.6) is 11.5 Å². The topological polar surface area (TPSA) is 67.9 Å². The van der Waals surface area contributed by atoms with Gasteiger partial charge in [-0.1, -0.05) is 42.5 Å². The molecule has 0 saturated heterocycles. The first-order chi connectivity index (χ1) is 14.1. The predicted octanol–water partition coefficient (Wildman–Crippen LogP) is 3.55. The normalized spacial score (nSPS) is 15.7. The fraction of sp³-hybridized carbons (Fsp3) is 0.130. The summed E-state index contributed by atoms with van der Waals surface area (Å²) in [6.45, 7) is 0.255. The molecule has 0 unspecified atom stereocenters. The van der Waals surface area contributed by atoms with Crippen molar-refractivity contribution in [3.8, 4) is 11.5 Å². The van der Waals surface area contributed by atoms with Crippen LogP contribution in [-0.2, 0) is 4.79 Å². The highest BCUT2D eigenvalue weighted by Gasteiger charge is 2.30. The molecule has 3 aromatic rings. The first-order valence-electron chi connectivity index (χ1n) is 9.25. The number of hydroxylamine groups is 1. The van der Waals surface area contributed by atoms with E-state index in [0.29, 0.717) is 17.1 Å². The van der Waals surface area contributed by atoms with E-state index in [-0.39, 0.29) is 18.4 Å². The molecule has 0 spiro atoms. The lowest BCUT2D eigenvalue weighted by Gasteiger charge is -2.20. The fourth-order valence-corrected chi connectivity index (χ4v) is 3.21. The molecule has 3 aromatic carbocycles. The number of hydrogen-bond donors (Lipinski definition) is 1. The number of likely N-dealkylation sites (N-methyl/N-ethyl adjacent to an activating group) is 1. The van der Waals surface area contributed by atoms with Crippen molar-refractivity contribution >= 4 is 17.5 Å². The third-order valence-corrected chi connectivity index (χ3v) is 4.84. The molecule has 2 amide bonds. The van der Waals surface area contributed by atoms with Crippen molar-refractivity contribution < 1.29 is 19.2 Å². The van der Waals surface area contributed by atoms with E-state index < -0.39 is 5.92 Å². The molecule has 29 heavy (non-hydrogen) atoms. The van der Waals surface area contributed by atoms with Gasteiger partial charge in [0.25, 0.3) is 5.91 Å². The minimum absolute atomic E-state index is 0.0407. The van der Waals surface area contributed by atoms with E-state index in [2.05, 4.69) is 5.48 Å². The van der Waals surface area contributed by atoms with E-state index in [4.69, 9.17) is 9.57 Å². The second-order valence-corrected chi connectivity index (χ2v) is 6.70. The highest BCUT2D eigenvalue weighted by Crippen LogP contribution is 2.34. The Hall–Kier alpha value is -3.80. The molecule has 4 rings (SSSR count). The van der Waals surface area contributed by atoms with Crippen LogP contribution in [0.2, 0.25) is 0 Å². The van der Waals surface area contributed by atoms with Gasteiger partial charge in [0.05, 0.1) is 11.6 Å². The van der Waals surface area contributed by atoms with Crippen LogP contribution in [0.3, 0.4) is 0 Å². The van der Waals surface area contributed by atoms with Gasteiger partial charge in [-0.2, -0.15) is 5.48 Å². The van der Waals surface area contributed by atoms with Crippen molar-refractivity contribution in [2.45, 2.75) is 5.92 Å². The Morgan fingerprint density at radius 2 is 1.69 bits per heavy atom. The zero-order valence-electron chi connectivity index (χ0n) is 15.9. The number of para-hydroxylation sites is 2. The molecule has 1 N–H and O–H groups in total. The van der Waals surface area contributed by atoms with Crippen LogP contribution in [0, 0.1) is 0 Å². The minimum Gasteiger partial charge on any atom is -0.490 e. The van der Waals surface area contributed by atoms with E-state index in [1.54, 1.807) is 60.5 Å². The second kappa shape index (κ2) is 8.06. The number of amides is 2. The summed E-state index contributed by atoms with van der Waals surface area (Å²) in [5.41, 5.74) is 4.49. The first kappa shape index (κ1) is 18.6. The van der Waals surface area contributed by atoms with Gasteiger partial charge in [0.1, 0.15) is 12.4 Å². The van der Waals surface area contributed by atoms with E-state index in [9.17, 15) is 9.59 Å². The molecular weight excluding hydrogens is 368 g/mol. The zero-order chi connectivity index (χ0) is 20.2.